The summed E-state index contributed by atoms with van der Waals surface area (Å²) in [7, 11) is 0. The number of likely N-dealkylation sites (tertiary alicyclic amines) is 1. The topological polar surface area (TPSA) is 111 Å². The average molecular weight is 281 g/mol. The first kappa shape index (κ1) is 14.3. The van der Waals surface area contributed by atoms with E-state index in [9.17, 15) is 14.7 Å². The van der Waals surface area contributed by atoms with Gasteiger partial charge in [0.2, 0.25) is 0 Å². The minimum atomic E-state index is -0.835. The Hall–Kier alpha value is -2.12. The first-order valence-corrected chi connectivity index (χ1v) is 6.62. The summed E-state index contributed by atoms with van der Waals surface area (Å²) in [4.78, 5) is 29.0. The monoisotopic (exact) mass is 281 g/mol. The van der Waals surface area contributed by atoms with Crippen LogP contribution in [0.25, 0.3) is 0 Å². The highest BCUT2D eigenvalue weighted by Crippen LogP contribution is 2.34. The molecular formula is C12H19N5O3. The molecule has 0 aromatic carbocycles. The highest BCUT2D eigenvalue weighted by atomic mass is 16.4. The Morgan fingerprint density at radius 1 is 1.65 bits per heavy atom. The molecule has 1 saturated heterocycles. The van der Waals surface area contributed by atoms with E-state index in [1.54, 1.807) is 11.8 Å². The van der Waals surface area contributed by atoms with Crippen molar-refractivity contribution in [3.8, 4) is 0 Å². The molecule has 0 radical (unpaired) electrons. The van der Waals surface area contributed by atoms with Crippen molar-refractivity contribution < 1.29 is 14.7 Å². The largest absolute Gasteiger partial charge is 0.481 e. The standard InChI is InChI=1S/C12H19N5O3/c1-3-12(10(18)19)4-5-17(6-12)11(20)15-8(2)9-13-7-14-16-9/h7-8H,3-6H2,1-2H3,(H,15,20)(H,18,19)(H,13,14,16). The van der Waals surface area contributed by atoms with Crippen LogP contribution in [0.15, 0.2) is 6.33 Å². The fourth-order valence-electron chi connectivity index (χ4n) is 2.43. The number of carboxylic acid groups (broad SMARTS) is 1. The summed E-state index contributed by atoms with van der Waals surface area (Å²) in [5.41, 5.74) is -0.813. The lowest BCUT2D eigenvalue weighted by molar-refractivity contribution is -0.148. The minimum absolute atomic E-state index is 0.244. The predicted molar refractivity (Wildman–Crippen MR) is 69.9 cm³/mol. The maximum absolute atomic E-state index is 12.1. The van der Waals surface area contributed by atoms with Crippen molar-refractivity contribution in [3.05, 3.63) is 12.2 Å². The number of rotatable bonds is 4. The van der Waals surface area contributed by atoms with Crippen molar-refractivity contribution in [1.82, 2.24) is 25.4 Å². The molecule has 1 aromatic rings. The SMILES string of the molecule is CCC1(C(=O)O)CCN(C(=O)NC(C)c2ncn[nH]2)C1. The second kappa shape index (κ2) is 5.48. The van der Waals surface area contributed by atoms with Crippen LogP contribution in [0.3, 0.4) is 0 Å². The van der Waals surface area contributed by atoms with E-state index in [-0.39, 0.29) is 18.6 Å². The Balaban J connectivity index is 1.96. The van der Waals surface area contributed by atoms with E-state index in [1.165, 1.54) is 6.33 Å². The Kier molecular flexibility index (Phi) is 3.91. The lowest BCUT2D eigenvalue weighted by Gasteiger charge is -2.24. The van der Waals surface area contributed by atoms with Gasteiger partial charge in [0, 0.05) is 13.1 Å². The summed E-state index contributed by atoms with van der Waals surface area (Å²) >= 11 is 0. The second-order valence-corrected chi connectivity index (χ2v) is 5.15. The summed E-state index contributed by atoms with van der Waals surface area (Å²) in [5, 5.41) is 18.5. The molecule has 1 aliphatic heterocycles. The quantitative estimate of drug-likeness (QED) is 0.754. The normalized spacial score (nSPS) is 23.6. The van der Waals surface area contributed by atoms with Gasteiger partial charge in [-0.2, -0.15) is 5.10 Å². The first-order valence-electron chi connectivity index (χ1n) is 6.62. The van der Waals surface area contributed by atoms with Gasteiger partial charge in [-0.15, -0.1) is 0 Å². The molecule has 0 bridgehead atoms. The molecule has 8 nitrogen and oxygen atoms in total. The number of nitrogens with zero attached hydrogens (tertiary/aromatic N) is 3. The molecule has 2 amide bonds. The third-order valence-electron chi connectivity index (χ3n) is 3.96. The molecule has 0 aliphatic carbocycles. The molecule has 2 unspecified atom stereocenters. The number of nitrogens with one attached hydrogen (secondary N) is 2. The van der Waals surface area contributed by atoms with E-state index in [0.717, 1.165) is 0 Å². The van der Waals surface area contributed by atoms with Gasteiger partial charge in [-0.05, 0) is 19.8 Å². The van der Waals surface area contributed by atoms with E-state index >= 15 is 0 Å². The number of H-pyrrole nitrogens is 1. The molecule has 1 aromatic heterocycles. The molecule has 2 rings (SSSR count). The van der Waals surface area contributed by atoms with Crippen LogP contribution in [-0.4, -0.2) is 50.3 Å². The van der Waals surface area contributed by atoms with Crippen LogP contribution >= 0.6 is 0 Å². The number of hydrogen-bond donors (Lipinski definition) is 3. The molecule has 2 atom stereocenters. The summed E-state index contributed by atoms with van der Waals surface area (Å²) in [6.07, 6.45) is 2.38. The van der Waals surface area contributed by atoms with Crippen molar-refractivity contribution >= 4 is 12.0 Å². The number of aromatic nitrogens is 3. The fraction of sp³-hybridized carbons (Fsp3) is 0.667. The Morgan fingerprint density at radius 3 is 2.90 bits per heavy atom. The minimum Gasteiger partial charge on any atom is -0.481 e. The van der Waals surface area contributed by atoms with Gasteiger partial charge in [0.05, 0.1) is 11.5 Å². The van der Waals surface area contributed by atoms with Crippen molar-refractivity contribution in [2.75, 3.05) is 13.1 Å². The van der Waals surface area contributed by atoms with Crippen LogP contribution < -0.4 is 5.32 Å². The summed E-state index contributed by atoms with van der Waals surface area (Å²) in [6.45, 7) is 4.33. The molecule has 0 saturated carbocycles. The van der Waals surface area contributed by atoms with Crippen LogP contribution in [0.1, 0.15) is 38.6 Å². The third kappa shape index (κ3) is 2.59. The van der Waals surface area contributed by atoms with Crippen LogP contribution in [-0.2, 0) is 4.79 Å². The smallest absolute Gasteiger partial charge is 0.318 e. The molecule has 3 N–H and O–H groups in total. The van der Waals surface area contributed by atoms with Gasteiger partial charge >= 0.3 is 12.0 Å². The Bertz CT molecular complexity index is 489. The van der Waals surface area contributed by atoms with E-state index in [1.807, 2.05) is 6.92 Å². The summed E-state index contributed by atoms with van der Waals surface area (Å²) in [5.74, 6) is -0.267. The lowest BCUT2D eigenvalue weighted by Crippen LogP contribution is -2.42. The molecular weight excluding hydrogens is 262 g/mol. The molecule has 1 fully saturated rings. The number of hydrogen-bond acceptors (Lipinski definition) is 4. The third-order valence-corrected chi connectivity index (χ3v) is 3.96. The maximum atomic E-state index is 12.1. The molecule has 1 aliphatic rings. The zero-order valence-electron chi connectivity index (χ0n) is 11.6. The zero-order chi connectivity index (χ0) is 14.8. The number of aliphatic carboxylic acids is 1. The van der Waals surface area contributed by atoms with Crippen molar-refractivity contribution in [1.29, 1.82) is 0 Å². The molecule has 110 valence electrons. The number of carboxylic acids is 1. The van der Waals surface area contributed by atoms with Gasteiger partial charge < -0.3 is 15.3 Å². The molecule has 0 spiro atoms. The lowest BCUT2D eigenvalue weighted by atomic mass is 9.84. The highest BCUT2D eigenvalue weighted by Gasteiger charge is 2.44. The van der Waals surface area contributed by atoms with Crippen molar-refractivity contribution in [2.45, 2.75) is 32.7 Å². The fourth-order valence-corrected chi connectivity index (χ4v) is 2.43. The number of aromatic amines is 1. The maximum Gasteiger partial charge on any atom is 0.318 e. The summed E-state index contributed by atoms with van der Waals surface area (Å²) in [6, 6.07) is -0.572. The van der Waals surface area contributed by atoms with Gasteiger partial charge in [-0.1, -0.05) is 6.92 Å². The van der Waals surface area contributed by atoms with E-state index in [0.29, 0.717) is 25.2 Å². The van der Waals surface area contributed by atoms with Crippen molar-refractivity contribution in [2.24, 2.45) is 5.41 Å². The summed E-state index contributed by atoms with van der Waals surface area (Å²) < 4.78 is 0. The number of amides is 2. The van der Waals surface area contributed by atoms with Crippen LogP contribution in [0.5, 0.6) is 0 Å². The van der Waals surface area contributed by atoms with Gasteiger partial charge in [0.1, 0.15) is 12.2 Å². The molecule has 2 heterocycles. The number of urea groups is 1. The second-order valence-electron chi connectivity index (χ2n) is 5.15. The predicted octanol–water partition coefficient (Wildman–Crippen LogP) is 0.762. The van der Waals surface area contributed by atoms with Crippen LogP contribution in [0.4, 0.5) is 4.79 Å². The zero-order valence-corrected chi connectivity index (χ0v) is 11.6. The van der Waals surface area contributed by atoms with E-state index < -0.39 is 11.4 Å². The van der Waals surface area contributed by atoms with Crippen LogP contribution in [0, 0.1) is 5.41 Å². The van der Waals surface area contributed by atoms with Gasteiger partial charge in [-0.3, -0.25) is 9.89 Å². The average Bonchev–Trinajstić information content (AvgIpc) is 3.08. The Labute approximate surface area is 116 Å². The van der Waals surface area contributed by atoms with Gasteiger partial charge in [-0.25, -0.2) is 9.78 Å². The van der Waals surface area contributed by atoms with E-state index in [2.05, 4.69) is 20.5 Å². The van der Waals surface area contributed by atoms with Gasteiger partial charge in [0.25, 0.3) is 0 Å². The molecule has 8 heteroatoms. The van der Waals surface area contributed by atoms with Crippen molar-refractivity contribution in [3.63, 3.8) is 0 Å². The first-order chi connectivity index (χ1) is 9.48. The number of carbonyl (C=O) groups is 2. The highest BCUT2D eigenvalue weighted by molar-refractivity contribution is 5.79. The molecule has 20 heavy (non-hydrogen) atoms. The Morgan fingerprint density at radius 2 is 2.40 bits per heavy atom. The van der Waals surface area contributed by atoms with Crippen LogP contribution in [0.2, 0.25) is 0 Å². The number of carbonyl (C=O) groups excluding carboxylic acids is 1. The van der Waals surface area contributed by atoms with E-state index in [4.69, 9.17) is 0 Å². The van der Waals surface area contributed by atoms with Gasteiger partial charge in [0.15, 0.2) is 0 Å².